The number of nitrogens with zero attached hydrogens (tertiary/aromatic N) is 2. The third-order valence-electron chi connectivity index (χ3n) is 6.81. The molecule has 1 aliphatic carbocycles. The molecule has 0 aromatic carbocycles. The Labute approximate surface area is 148 Å². The van der Waals surface area contributed by atoms with Gasteiger partial charge in [-0.15, -0.1) is 0 Å². The fourth-order valence-electron chi connectivity index (χ4n) is 4.88. The van der Waals surface area contributed by atoms with Crippen LogP contribution >= 0.6 is 0 Å². The van der Waals surface area contributed by atoms with Crippen molar-refractivity contribution in [2.24, 2.45) is 17.8 Å². The predicted octanol–water partition coefficient (Wildman–Crippen LogP) is 2.74. The second-order valence-corrected chi connectivity index (χ2v) is 8.62. The summed E-state index contributed by atoms with van der Waals surface area (Å²) in [4.78, 5) is 17.5. The van der Waals surface area contributed by atoms with Crippen LogP contribution in [-0.4, -0.2) is 61.0 Å². The van der Waals surface area contributed by atoms with Crippen LogP contribution in [0.1, 0.15) is 58.8 Å². The first-order chi connectivity index (χ1) is 11.6. The Bertz CT molecular complexity index is 392. The molecule has 1 saturated carbocycles. The molecule has 3 rings (SSSR count). The normalized spacial score (nSPS) is 34.1. The summed E-state index contributed by atoms with van der Waals surface area (Å²) in [7, 11) is 0. The van der Waals surface area contributed by atoms with E-state index in [0.717, 1.165) is 57.6 Å². The van der Waals surface area contributed by atoms with E-state index in [1.807, 2.05) is 0 Å². The molecule has 3 aliphatic rings. The van der Waals surface area contributed by atoms with Gasteiger partial charge in [-0.2, -0.15) is 0 Å². The molecule has 1 amide bonds. The largest absolute Gasteiger partial charge is 0.340 e. The number of carbonyl (C=O) groups is 1. The Morgan fingerprint density at radius 3 is 2.42 bits per heavy atom. The van der Waals surface area contributed by atoms with Gasteiger partial charge in [-0.3, -0.25) is 9.69 Å². The monoisotopic (exact) mass is 335 g/mol. The summed E-state index contributed by atoms with van der Waals surface area (Å²) in [5, 5.41) is 3.48. The number of carbonyl (C=O) groups excluding carboxylic acids is 1. The molecule has 2 aliphatic heterocycles. The van der Waals surface area contributed by atoms with Crippen LogP contribution in [0.4, 0.5) is 0 Å². The molecule has 3 fully saturated rings. The molecule has 4 heteroatoms. The molecule has 2 atom stereocenters. The summed E-state index contributed by atoms with van der Waals surface area (Å²) in [6.45, 7) is 11.0. The first kappa shape index (κ1) is 18.2. The number of nitrogens with one attached hydrogen (secondary N) is 1. The van der Waals surface area contributed by atoms with Crippen LogP contribution in [0.5, 0.6) is 0 Å². The standard InChI is InChI=1S/C20H37N3O/c1-16-5-7-19(8-6-16)22-10-12-23(13-11-22)20(24)14-17(2)18-4-3-9-21-15-18/h16-19,21H,3-15H2,1-2H3. The second kappa shape index (κ2) is 8.66. The first-order valence-electron chi connectivity index (χ1n) is 10.4. The third-order valence-corrected chi connectivity index (χ3v) is 6.81. The van der Waals surface area contributed by atoms with Crippen LogP contribution in [0, 0.1) is 17.8 Å². The maximum atomic E-state index is 12.7. The van der Waals surface area contributed by atoms with Crippen molar-refractivity contribution in [3.05, 3.63) is 0 Å². The van der Waals surface area contributed by atoms with Crippen LogP contribution < -0.4 is 5.32 Å². The molecular formula is C20H37N3O. The van der Waals surface area contributed by atoms with Gasteiger partial charge in [0.25, 0.3) is 0 Å². The lowest BCUT2D eigenvalue weighted by atomic mass is 9.85. The predicted molar refractivity (Wildman–Crippen MR) is 98.9 cm³/mol. The van der Waals surface area contributed by atoms with Crippen molar-refractivity contribution in [2.45, 2.75) is 64.8 Å². The van der Waals surface area contributed by atoms with E-state index >= 15 is 0 Å². The summed E-state index contributed by atoms with van der Waals surface area (Å²) < 4.78 is 0. The van der Waals surface area contributed by atoms with Gasteiger partial charge in [0, 0.05) is 38.6 Å². The minimum atomic E-state index is 0.394. The zero-order valence-corrected chi connectivity index (χ0v) is 15.8. The zero-order valence-electron chi connectivity index (χ0n) is 15.8. The summed E-state index contributed by atoms with van der Waals surface area (Å²) in [6.07, 6.45) is 8.79. The highest BCUT2D eigenvalue weighted by Crippen LogP contribution is 2.28. The van der Waals surface area contributed by atoms with Gasteiger partial charge < -0.3 is 10.2 Å². The van der Waals surface area contributed by atoms with E-state index in [-0.39, 0.29) is 0 Å². The van der Waals surface area contributed by atoms with Crippen LogP contribution in [0.15, 0.2) is 0 Å². The molecule has 0 spiro atoms. The van der Waals surface area contributed by atoms with Crippen LogP contribution in [0.25, 0.3) is 0 Å². The fraction of sp³-hybridized carbons (Fsp3) is 0.950. The van der Waals surface area contributed by atoms with Crippen molar-refractivity contribution in [1.82, 2.24) is 15.1 Å². The molecule has 2 heterocycles. The van der Waals surface area contributed by atoms with Crippen LogP contribution in [0.3, 0.4) is 0 Å². The van der Waals surface area contributed by atoms with Gasteiger partial charge in [-0.05, 0) is 69.4 Å². The minimum absolute atomic E-state index is 0.394. The van der Waals surface area contributed by atoms with Crippen LogP contribution in [-0.2, 0) is 4.79 Å². The molecule has 4 nitrogen and oxygen atoms in total. The number of amides is 1. The van der Waals surface area contributed by atoms with Gasteiger partial charge in [0.2, 0.25) is 5.91 Å². The molecule has 2 unspecified atom stereocenters. The molecule has 0 aromatic heterocycles. The Morgan fingerprint density at radius 1 is 1.08 bits per heavy atom. The Kier molecular flexibility index (Phi) is 6.56. The number of piperidine rings is 1. The van der Waals surface area contributed by atoms with Gasteiger partial charge in [0.1, 0.15) is 0 Å². The number of rotatable bonds is 4. The number of hydrogen-bond donors (Lipinski definition) is 1. The topological polar surface area (TPSA) is 35.6 Å². The van der Waals surface area contributed by atoms with Crippen molar-refractivity contribution in [3.8, 4) is 0 Å². The molecule has 0 radical (unpaired) electrons. The second-order valence-electron chi connectivity index (χ2n) is 8.62. The van der Waals surface area contributed by atoms with Gasteiger partial charge in [-0.25, -0.2) is 0 Å². The smallest absolute Gasteiger partial charge is 0.222 e. The highest BCUT2D eigenvalue weighted by atomic mass is 16.2. The lowest BCUT2D eigenvalue weighted by Gasteiger charge is -2.42. The fourth-order valence-corrected chi connectivity index (χ4v) is 4.88. The molecule has 0 aromatic rings. The summed E-state index contributed by atoms with van der Waals surface area (Å²) in [5.74, 6) is 2.52. The van der Waals surface area contributed by atoms with Crippen molar-refractivity contribution in [1.29, 1.82) is 0 Å². The van der Waals surface area contributed by atoms with Crippen LogP contribution in [0.2, 0.25) is 0 Å². The Morgan fingerprint density at radius 2 is 1.79 bits per heavy atom. The maximum absolute atomic E-state index is 12.7. The van der Waals surface area contributed by atoms with E-state index in [4.69, 9.17) is 0 Å². The average Bonchev–Trinajstić information content (AvgIpc) is 2.63. The zero-order chi connectivity index (χ0) is 16.9. The van der Waals surface area contributed by atoms with Crippen molar-refractivity contribution in [3.63, 3.8) is 0 Å². The van der Waals surface area contributed by atoms with E-state index in [1.165, 1.54) is 38.5 Å². The lowest BCUT2D eigenvalue weighted by molar-refractivity contribution is -0.134. The minimum Gasteiger partial charge on any atom is -0.340 e. The first-order valence-corrected chi connectivity index (χ1v) is 10.4. The van der Waals surface area contributed by atoms with E-state index in [9.17, 15) is 4.79 Å². The number of hydrogen-bond acceptors (Lipinski definition) is 3. The summed E-state index contributed by atoms with van der Waals surface area (Å²) >= 11 is 0. The molecule has 24 heavy (non-hydrogen) atoms. The number of piperazine rings is 1. The summed E-state index contributed by atoms with van der Waals surface area (Å²) in [6, 6.07) is 0.783. The van der Waals surface area contributed by atoms with Gasteiger partial charge in [0.15, 0.2) is 0 Å². The SMILES string of the molecule is CC1CCC(N2CCN(C(=O)CC(C)C3CCCNC3)CC2)CC1. The average molecular weight is 336 g/mol. The molecule has 2 saturated heterocycles. The van der Waals surface area contributed by atoms with E-state index in [2.05, 4.69) is 29.0 Å². The summed E-state index contributed by atoms with van der Waals surface area (Å²) in [5.41, 5.74) is 0. The third kappa shape index (κ3) is 4.72. The molecule has 138 valence electrons. The van der Waals surface area contributed by atoms with Gasteiger partial charge >= 0.3 is 0 Å². The van der Waals surface area contributed by atoms with Crippen molar-refractivity contribution >= 4 is 5.91 Å². The van der Waals surface area contributed by atoms with Gasteiger partial charge in [-0.1, -0.05) is 13.8 Å². The lowest BCUT2D eigenvalue weighted by Crippen LogP contribution is -2.52. The highest BCUT2D eigenvalue weighted by Gasteiger charge is 2.30. The van der Waals surface area contributed by atoms with Gasteiger partial charge in [0.05, 0.1) is 0 Å². The highest BCUT2D eigenvalue weighted by molar-refractivity contribution is 5.76. The Hall–Kier alpha value is -0.610. The van der Waals surface area contributed by atoms with E-state index in [0.29, 0.717) is 17.7 Å². The van der Waals surface area contributed by atoms with E-state index < -0.39 is 0 Å². The quantitative estimate of drug-likeness (QED) is 0.858. The molecule has 1 N–H and O–H groups in total. The Balaban J connectivity index is 1.40. The molecular weight excluding hydrogens is 298 g/mol. The van der Waals surface area contributed by atoms with Crippen molar-refractivity contribution in [2.75, 3.05) is 39.3 Å². The molecule has 0 bridgehead atoms. The van der Waals surface area contributed by atoms with Crippen molar-refractivity contribution < 1.29 is 4.79 Å². The maximum Gasteiger partial charge on any atom is 0.222 e. The van der Waals surface area contributed by atoms with E-state index in [1.54, 1.807) is 0 Å².